The van der Waals surface area contributed by atoms with Gasteiger partial charge in [0.25, 0.3) is 0 Å². The van der Waals surface area contributed by atoms with Gasteiger partial charge in [0.2, 0.25) is 0 Å². The van der Waals surface area contributed by atoms with Crippen molar-refractivity contribution >= 4 is 16.1 Å². The van der Waals surface area contributed by atoms with Crippen molar-refractivity contribution in [3.8, 4) is 0 Å². The zero-order valence-corrected chi connectivity index (χ0v) is 17.8. The summed E-state index contributed by atoms with van der Waals surface area (Å²) in [5, 5.41) is 5.11. The molecule has 5 nitrogen and oxygen atoms in total. The predicted octanol–water partition coefficient (Wildman–Crippen LogP) is 3.82. The molecule has 0 saturated heterocycles. The van der Waals surface area contributed by atoms with Crippen LogP contribution >= 0.6 is 0 Å². The molecular weight excluding hydrogens is 362 g/mol. The van der Waals surface area contributed by atoms with Crippen LogP contribution in [0.4, 0.5) is 0 Å². The molecule has 0 heterocycles. The Labute approximate surface area is 164 Å². The maximum absolute atomic E-state index is 12.2. The molecule has 4 fully saturated rings. The Bertz CT molecular complexity index is 722. The van der Waals surface area contributed by atoms with Crippen molar-refractivity contribution in [1.29, 1.82) is 0 Å². The van der Waals surface area contributed by atoms with Gasteiger partial charge in [-0.1, -0.05) is 13.8 Å². The number of hydrogen-bond donors (Lipinski definition) is 1. The second-order valence-electron chi connectivity index (χ2n) is 10.4. The van der Waals surface area contributed by atoms with E-state index >= 15 is 0 Å². The van der Waals surface area contributed by atoms with Crippen LogP contribution in [-0.2, 0) is 19.3 Å². The van der Waals surface area contributed by atoms with E-state index in [2.05, 4.69) is 13.8 Å². The van der Waals surface area contributed by atoms with Crippen LogP contribution in [0.2, 0.25) is 0 Å². The maximum atomic E-state index is 12.2. The Hall–Kier alpha value is -0.460. The third-order valence-corrected chi connectivity index (χ3v) is 9.92. The quantitative estimate of drug-likeness (QED) is 0.784. The molecule has 0 aromatic heterocycles. The molecule has 8 atom stereocenters. The van der Waals surface area contributed by atoms with E-state index in [-0.39, 0.29) is 22.9 Å². The number of fused-ring (bicyclic) bond motifs is 5. The van der Waals surface area contributed by atoms with Gasteiger partial charge in [0, 0.05) is 5.92 Å². The van der Waals surface area contributed by atoms with Crippen LogP contribution in [0.5, 0.6) is 0 Å². The van der Waals surface area contributed by atoms with Gasteiger partial charge in [-0.25, -0.2) is 5.14 Å². The van der Waals surface area contributed by atoms with Crippen molar-refractivity contribution in [2.45, 2.75) is 84.7 Å². The summed E-state index contributed by atoms with van der Waals surface area (Å²) in [7, 11) is -3.87. The van der Waals surface area contributed by atoms with Crippen molar-refractivity contribution in [2.24, 2.45) is 45.6 Å². The highest BCUT2D eigenvalue weighted by Gasteiger charge is 2.60. The molecule has 4 saturated carbocycles. The van der Waals surface area contributed by atoms with Gasteiger partial charge in [0.15, 0.2) is 0 Å². The summed E-state index contributed by atoms with van der Waals surface area (Å²) in [6.07, 6.45) is 9.41. The Morgan fingerprint density at radius 2 is 1.63 bits per heavy atom. The summed E-state index contributed by atoms with van der Waals surface area (Å²) >= 11 is 0. The Morgan fingerprint density at radius 3 is 2.30 bits per heavy atom. The normalized spacial score (nSPS) is 49.8. The fraction of sp³-hybridized carbons (Fsp3) is 0.952. The largest absolute Gasteiger partial charge is 0.333 e. The van der Waals surface area contributed by atoms with Crippen LogP contribution < -0.4 is 5.14 Å². The minimum atomic E-state index is -3.87. The fourth-order valence-electron chi connectivity index (χ4n) is 8.16. The minimum absolute atomic E-state index is 0.199. The lowest BCUT2D eigenvalue weighted by Gasteiger charge is -2.61. The molecule has 0 aromatic carbocycles. The summed E-state index contributed by atoms with van der Waals surface area (Å²) < 4.78 is 27.8. The minimum Gasteiger partial charge on any atom is -0.300 e. The van der Waals surface area contributed by atoms with Crippen molar-refractivity contribution in [2.75, 3.05) is 0 Å². The van der Waals surface area contributed by atoms with E-state index in [9.17, 15) is 13.2 Å². The van der Waals surface area contributed by atoms with Crippen molar-refractivity contribution < 1.29 is 17.4 Å². The second kappa shape index (κ2) is 6.53. The van der Waals surface area contributed by atoms with E-state index in [0.29, 0.717) is 23.5 Å². The van der Waals surface area contributed by atoms with Gasteiger partial charge in [-0.15, -0.1) is 0 Å². The summed E-state index contributed by atoms with van der Waals surface area (Å²) in [6, 6.07) is 0. The zero-order valence-electron chi connectivity index (χ0n) is 16.9. The van der Waals surface area contributed by atoms with Crippen molar-refractivity contribution in [3.63, 3.8) is 0 Å². The first-order chi connectivity index (χ1) is 12.5. The lowest BCUT2D eigenvalue weighted by Crippen LogP contribution is -2.54. The van der Waals surface area contributed by atoms with E-state index in [0.717, 1.165) is 38.0 Å². The molecule has 154 valence electrons. The number of hydrogen-bond acceptors (Lipinski definition) is 4. The van der Waals surface area contributed by atoms with Gasteiger partial charge >= 0.3 is 10.3 Å². The molecule has 4 rings (SSSR count). The van der Waals surface area contributed by atoms with Gasteiger partial charge in [-0.05, 0) is 99.2 Å². The first-order valence-corrected chi connectivity index (χ1v) is 12.2. The summed E-state index contributed by atoms with van der Waals surface area (Å²) in [5.74, 6) is 3.28. The molecule has 4 aliphatic carbocycles. The first kappa shape index (κ1) is 19.8. The molecule has 0 amide bonds. The van der Waals surface area contributed by atoms with Crippen molar-refractivity contribution in [3.05, 3.63) is 0 Å². The third-order valence-electron chi connectivity index (χ3n) is 9.38. The van der Waals surface area contributed by atoms with Gasteiger partial charge in [-0.2, -0.15) is 8.42 Å². The van der Waals surface area contributed by atoms with Crippen molar-refractivity contribution in [1.82, 2.24) is 0 Å². The Morgan fingerprint density at radius 1 is 0.963 bits per heavy atom. The number of Topliss-reactive ketones (excluding diaryl/α,β-unsaturated/α-hetero) is 1. The van der Waals surface area contributed by atoms with E-state index in [1.165, 1.54) is 25.7 Å². The van der Waals surface area contributed by atoms with E-state index < -0.39 is 10.3 Å². The second-order valence-corrected chi connectivity index (χ2v) is 11.6. The van der Waals surface area contributed by atoms with Crippen LogP contribution in [0.25, 0.3) is 0 Å². The van der Waals surface area contributed by atoms with Crippen LogP contribution in [0.15, 0.2) is 0 Å². The molecule has 0 aliphatic heterocycles. The van der Waals surface area contributed by atoms with E-state index in [4.69, 9.17) is 9.32 Å². The fourth-order valence-corrected chi connectivity index (χ4v) is 8.72. The smallest absolute Gasteiger partial charge is 0.300 e. The molecule has 0 unspecified atom stereocenters. The summed E-state index contributed by atoms with van der Waals surface area (Å²) in [6.45, 7) is 6.62. The molecule has 0 radical (unpaired) electrons. The molecule has 2 N–H and O–H groups in total. The average Bonchev–Trinajstić information content (AvgIpc) is 2.91. The average molecular weight is 398 g/mol. The van der Waals surface area contributed by atoms with Crippen LogP contribution in [0.3, 0.4) is 0 Å². The monoisotopic (exact) mass is 397 g/mol. The molecular formula is C21H35NO4S. The molecule has 0 bridgehead atoms. The molecule has 27 heavy (non-hydrogen) atoms. The molecule has 0 spiro atoms. The van der Waals surface area contributed by atoms with Crippen LogP contribution in [-0.4, -0.2) is 20.3 Å². The lowest BCUT2D eigenvalue weighted by atomic mass is 9.44. The van der Waals surface area contributed by atoms with Crippen LogP contribution in [0.1, 0.15) is 78.6 Å². The van der Waals surface area contributed by atoms with E-state index in [1.807, 2.05) is 0 Å². The third kappa shape index (κ3) is 3.20. The summed E-state index contributed by atoms with van der Waals surface area (Å²) in [4.78, 5) is 12.2. The standard InChI is InChI=1S/C21H35NO4S/c1-13(23)17-6-7-18-16-5-4-14-12-15(26-27(22,24)25)8-10-20(14,2)19(16)9-11-21(17,18)3/h14-19H,4-12H2,1-3H3,(H2,22,24,25)/t14-,15+,16-,17+,18-,19-,20-,21+/m0/s1. The number of ketones is 1. The Balaban J connectivity index is 1.53. The van der Waals surface area contributed by atoms with Crippen LogP contribution in [0, 0.1) is 40.4 Å². The van der Waals surface area contributed by atoms with Gasteiger partial charge < -0.3 is 0 Å². The highest BCUT2D eigenvalue weighted by atomic mass is 32.2. The lowest BCUT2D eigenvalue weighted by molar-refractivity contribution is -0.137. The van der Waals surface area contributed by atoms with Gasteiger partial charge in [0.1, 0.15) is 5.78 Å². The number of nitrogens with two attached hydrogens (primary N) is 1. The van der Waals surface area contributed by atoms with E-state index in [1.54, 1.807) is 6.92 Å². The molecule has 4 aliphatic rings. The molecule has 6 heteroatoms. The predicted molar refractivity (Wildman–Crippen MR) is 104 cm³/mol. The molecule has 0 aromatic rings. The number of carbonyl (C=O) groups is 1. The maximum Gasteiger partial charge on any atom is 0.333 e. The SMILES string of the molecule is CC(=O)[C@H]1CC[C@H]2[C@@H]3CC[C@H]4C[C@H](OS(N)(=O)=O)CC[C@]4(C)[C@H]3CC[C@]12C. The van der Waals surface area contributed by atoms with Gasteiger partial charge in [-0.3, -0.25) is 8.98 Å². The topological polar surface area (TPSA) is 86.5 Å². The summed E-state index contributed by atoms with van der Waals surface area (Å²) in [5.41, 5.74) is 0.473. The number of carbonyl (C=O) groups excluding carboxylic acids is 1. The first-order valence-electron chi connectivity index (χ1n) is 10.8. The Kier molecular flexibility index (Phi) is 4.80. The number of rotatable bonds is 3. The highest BCUT2D eigenvalue weighted by Crippen LogP contribution is 2.67. The highest BCUT2D eigenvalue weighted by molar-refractivity contribution is 7.84. The van der Waals surface area contributed by atoms with Gasteiger partial charge in [0.05, 0.1) is 6.10 Å². The zero-order chi connectivity index (χ0) is 19.6.